The molecule has 0 spiro atoms. The fourth-order valence-corrected chi connectivity index (χ4v) is 1.90. The van der Waals surface area contributed by atoms with Gasteiger partial charge in [-0.05, 0) is 24.4 Å². The van der Waals surface area contributed by atoms with Gasteiger partial charge in [0.15, 0.2) is 0 Å². The van der Waals surface area contributed by atoms with Crippen LogP contribution in [-0.4, -0.2) is 13.2 Å². The summed E-state index contributed by atoms with van der Waals surface area (Å²) in [6.07, 6.45) is 2.50. The summed E-state index contributed by atoms with van der Waals surface area (Å²) >= 11 is 0. The summed E-state index contributed by atoms with van der Waals surface area (Å²) in [7, 11) is 0. The van der Waals surface area contributed by atoms with Crippen LogP contribution in [-0.2, 0) is 4.74 Å². The lowest BCUT2D eigenvalue weighted by Gasteiger charge is -2.23. The molecule has 0 saturated carbocycles. The van der Waals surface area contributed by atoms with Crippen LogP contribution in [0.4, 0.5) is 0 Å². The number of ether oxygens (including phenoxy) is 1. The van der Waals surface area contributed by atoms with Crippen molar-refractivity contribution in [2.45, 2.75) is 26.3 Å². The van der Waals surface area contributed by atoms with E-state index in [0.717, 1.165) is 19.6 Å². The van der Waals surface area contributed by atoms with Gasteiger partial charge in [-0.3, -0.25) is 0 Å². The van der Waals surface area contributed by atoms with E-state index in [0.29, 0.717) is 12.0 Å². The van der Waals surface area contributed by atoms with Gasteiger partial charge in [0.25, 0.3) is 0 Å². The molecule has 2 heteroatoms. The van der Waals surface area contributed by atoms with Crippen molar-refractivity contribution in [3.05, 3.63) is 48.7 Å². The number of hydrogen-bond acceptors (Lipinski definition) is 2. The number of hydrogen-bond donors (Lipinski definition) is 1. The van der Waals surface area contributed by atoms with Gasteiger partial charge in [-0.1, -0.05) is 50.8 Å². The molecule has 1 aromatic carbocycles. The number of benzene rings is 1. The zero-order valence-corrected chi connectivity index (χ0v) is 10.9. The fourth-order valence-electron chi connectivity index (χ4n) is 1.90. The molecule has 2 nitrogen and oxygen atoms in total. The van der Waals surface area contributed by atoms with Gasteiger partial charge >= 0.3 is 0 Å². The van der Waals surface area contributed by atoms with E-state index in [4.69, 9.17) is 4.74 Å². The second-order valence-electron chi connectivity index (χ2n) is 4.48. The van der Waals surface area contributed by atoms with Crippen LogP contribution in [0.1, 0.15) is 31.9 Å². The maximum atomic E-state index is 5.11. The van der Waals surface area contributed by atoms with Gasteiger partial charge < -0.3 is 10.1 Å². The van der Waals surface area contributed by atoms with Gasteiger partial charge in [-0.25, -0.2) is 0 Å². The maximum Gasteiger partial charge on any atom is 0.0885 e. The monoisotopic (exact) mass is 233 g/mol. The van der Waals surface area contributed by atoms with Crippen LogP contribution in [0.3, 0.4) is 0 Å². The van der Waals surface area contributed by atoms with Crippen molar-refractivity contribution >= 4 is 0 Å². The van der Waals surface area contributed by atoms with Gasteiger partial charge in [0.05, 0.1) is 12.9 Å². The molecule has 0 aliphatic rings. The molecular formula is C15H23NO. The van der Waals surface area contributed by atoms with E-state index in [9.17, 15) is 0 Å². The summed E-state index contributed by atoms with van der Waals surface area (Å²) in [5.41, 5.74) is 1.35. The van der Waals surface area contributed by atoms with Gasteiger partial charge in [-0.15, -0.1) is 0 Å². The predicted octanol–water partition coefficient (Wildman–Crippen LogP) is 3.52. The molecular weight excluding hydrogens is 210 g/mol. The van der Waals surface area contributed by atoms with Crippen molar-refractivity contribution in [2.24, 2.45) is 5.92 Å². The van der Waals surface area contributed by atoms with E-state index in [1.807, 2.05) is 0 Å². The lowest BCUT2D eigenvalue weighted by molar-refractivity contribution is 0.240. The highest BCUT2D eigenvalue weighted by Crippen LogP contribution is 2.20. The van der Waals surface area contributed by atoms with Crippen molar-refractivity contribution in [1.82, 2.24) is 5.32 Å². The molecule has 0 bridgehead atoms. The average Bonchev–Trinajstić information content (AvgIpc) is 2.34. The van der Waals surface area contributed by atoms with Gasteiger partial charge in [-0.2, -0.15) is 0 Å². The summed E-state index contributed by atoms with van der Waals surface area (Å²) in [5.74, 6) is 0.581. The first-order valence-corrected chi connectivity index (χ1v) is 6.26. The Morgan fingerprint density at radius 1 is 1.29 bits per heavy atom. The SMILES string of the molecule is C=COCCCNC(c1ccccc1)C(C)C. The molecule has 0 amide bonds. The minimum atomic E-state index is 0.417. The highest BCUT2D eigenvalue weighted by Gasteiger charge is 2.13. The lowest BCUT2D eigenvalue weighted by Crippen LogP contribution is -2.27. The second kappa shape index (κ2) is 7.91. The molecule has 1 aromatic rings. The van der Waals surface area contributed by atoms with Gasteiger partial charge in [0, 0.05) is 6.04 Å². The maximum absolute atomic E-state index is 5.11. The average molecular weight is 233 g/mol. The molecule has 1 atom stereocenters. The molecule has 0 heterocycles. The summed E-state index contributed by atoms with van der Waals surface area (Å²) < 4.78 is 5.11. The molecule has 1 rings (SSSR count). The van der Waals surface area contributed by atoms with Crippen LogP contribution in [0.2, 0.25) is 0 Å². The van der Waals surface area contributed by atoms with Crippen LogP contribution in [0.25, 0.3) is 0 Å². The van der Waals surface area contributed by atoms with Crippen LogP contribution >= 0.6 is 0 Å². The van der Waals surface area contributed by atoms with E-state index in [-0.39, 0.29) is 0 Å². The van der Waals surface area contributed by atoms with Crippen molar-refractivity contribution < 1.29 is 4.74 Å². The van der Waals surface area contributed by atoms with E-state index >= 15 is 0 Å². The zero-order chi connectivity index (χ0) is 12.5. The fraction of sp³-hybridized carbons (Fsp3) is 0.467. The molecule has 1 N–H and O–H groups in total. The Morgan fingerprint density at radius 2 is 2.00 bits per heavy atom. The van der Waals surface area contributed by atoms with Gasteiger partial charge in [0.2, 0.25) is 0 Å². The molecule has 0 aliphatic heterocycles. The van der Waals surface area contributed by atoms with Crippen molar-refractivity contribution in [3.8, 4) is 0 Å². The van der Waals surface area contributed by atoms with E-state index in [1.165, 1.54) is 11.8 Å². The Kier molecular flexibility index (Phi) is 6.41. The van der Waals surface area contributed by atoms with E-state index in [1.54, 1.807) is 0 Å². The van der Waals surface area contributed by atoms with Crippen LogP contribution in [0.5, 0.6) is 0 Å². The Bertz CT molecular complexity index is 308. The minimum absolute atomic E-state index is 0.417. The Hall–Kier alpha value is -1.28. The Balaban J connectivity index is 2.42. The first kappa shape index (κ1) is 13.8. The molecule has 1 unspecified atom stereocenters. The quantitative estimate of drug-likeness (QED) is 0.548. The zero-order valence-electron chi connectivity index (χ0n) is 10.9. The van der Waals surface area contributed by atoms with Crippen LogP contribution < -0.4 is 5.32 Å². The third-order valence-corrected chi connectivity index (χ3v) is 2.75. The Morgan fingerprint density at radius 3 is 2.59 bits per heavy atom. The van der Waals surface area contributed by atoms with E-state index in [2.05, 4.69) is 56.1 Å². The van der Waals surface area contributed by atoms with Crippen molar-refractivity contribution in [1.29, 1.82) is 0 Å². The Labute approximate surface area is 105 Å². The minimum Gasteiger partial charge on any atom is -0.502 e. The highest BCUT2D eigenvalue weighted by atomic mass is 16.5. The third kappa shape index (κ3) is 5.05. The smallest absolute Gasteiger partial charge is 0.0885 e. The number of rotatable bonds is 8. The topological polar surface area (TPSA) is 21.3 Å². The van der Waals surface area contributed by atoms with E-state index < -0.39 is 0 Å². The first-order chi connectivity index (χ1) is 8.25. The lowest BCUT2D eigenvalue weighted by atomic mass is 9.96. The van der Waals surface area contributed by atoms with Crippen molar-refractivity contribution in [2.75, 3.05) is 13.2 Å². The second-order valence-corrected chi connectivity index (χ2v) is 4.48. The highest BCUT2D eigenvalue weighted by molar-refractivity contribution is 5.19. The third-order valence-electron chi connectivity index (χ3n) is 2.75. The molecule has 17 heavy (non-hydrogen) atoms. The number of nitrogens with one attached hydrogen (secondary N) is 1. The summed E-state index contributed by atoms with van der Waals surface area (Å²) in [6, 6.07) is 11.0. The molecule has 94 valence electrons. The van der Waals surface area contributed by atoms with Crippen LogP contribution in [0.15, 0.2) is 43.2 Å². The summed E-state index contributed by atoms with van der Waals surface area (Å²) in [6.45, 7) is 9.70. The first-order valence-electron chi connectivity index (χ1n) is 6.26. The molecule has 0 radical (unpaired) electrons. The van der Waals surface area contributed by atoms with Crippen molar-refractivity contribution in [3.63, 3.8) is 0 Å². The molecule has 0 aliphatic carbocycles. The van der Waals surface area contributed by atoms with Gasteiger partial charge in [0.1, 0.15) is 0 Å². The standard InChI is InChI=1S/C15H23NO/c1-4-17-12-8-11-16-15(13(2)3)14-9-6-5-7-10-14/h4-7,9-10,13,15-16H,1,8,11-12H2,2-3H3. The largest absolute Gasteiger partial charge is 0.502 e. The normalized spacial score (nSPS) is 12.4. The molecule has 0 fully saturated rings. The molecule has 0 aromatic heterocycles. The summed E-state index contributed by atoms with van der Waals surface area (Å²) in [5, 5.41) is 3.58. The molecule has 0 saturated heterocycles. The van der Waals surface area contributed by atoms with Crippen LogP contribution in [0, 0.1) is 5.92 Å². The summed E-state index contributed by atoms with van der Waals surface area (Å²) in [4.78, 5) is 0. The predicted molar refractivity (Wildman–Crippen MR) is 72.8 cm³/mol.